The van der Waals surface area contributed by atoms with Crippen LogP contribution in [-0.2, 0) is 4.79 Å². The largest absolute Gasteiger partial charge is 0.319 e. The molecule has 0 aliphatic heterocycles. The van der Waals surface area contributed by atoms with Crippen molar-refractivity contribution in [2.45, 2.75) is 18.4 Å². The van der Waals surface area contributed by atoms with Crippen LogP contribution < -0.4 is 5.73 Å². The molecule has 0 aromatic rings. The van der Waals surface area contributed by atoms with Crippen LogP contribution in [0.3, 0.4) is 0 Å². The molecule has 1 rings (SSSR count). The number of alkyl halides is 1. The van der Waals surface area contributed by atoms with Crippen LogP contribution in [0.1, 0.15) is 12.8 Å². The third-order valence-electron chi connectivity index (χ3n) is 1.47. The van der Waals surface area contributed by atoms with Crippen LogP contribution in [0.4, 0.5) is 0 Å². The number of hydrogen-bond acceptors (Lipinski definition) is 2. The molecule has 0 spiro atoms. The van der Waals surface area contributed by atoms with Crippen LogP contribution in [-0.4, -0.2) is 16.7 Å². The summed E-state index contributed by atoms with van der Waals surface area (Å²) in [6, 6.07) is 0. The van der Waals surface area contributed by atoms with Crippen LogP contribution in [0.2, 0.25) is 0 Å². The molecule has 0 aromatic heterocycles. The molecule has 0 amide bonds. The van der Waals surface area contributed by atoms with Gasteiger partial charge in [0, 0.05) is 0 Å². The minimum atomic E-state index is -0.427. The van der Waals surface area contributed by atoms with Crippen LogP contribution >= 0.6 is 32.9 Å². The number of ketones is 1. The number of hydrogen-bond donors (Lipinski definition) is 1. The van der Waals surface area contributed by atoms with Crippen LogP contribution in [0.25, 0.3) is 0 Å². The molecule has 2 N–H and O–H groups in total. The van der Waals surface area contributed by atoms with Gasteiger partial charge in [0.25, 0.3) is 0 Å². The normalized spacial score (nSPS) is 20.2. The van der Waals surface area contributed by atoms with E-state index in [0.717, 1.165) is 12.8 Å². The van der Waals surface area contributed by atoms with E-state index in [-0.39, 0.29) is 22.8 Å². The van der Waals surface area contributed by atoms with Crippen LogP contribution in [0.15, 0.2) is 0 Å². The summed E-state index contributed by atoms with van der Waals surface area (Å²) in [4.78, 5) is 10.7. The topological polar surface area (TPSA) is 43.1 Å². The maximum atomic E-state index is 10.7. The summed E-state index contributed by atoms with van der Waals surface area (Å²) in [6.07, 6.45) is 1.74. The Morgan fingerprint density at radius 3 is 2.22 bits per heavy atom. The average molecular weight is 259 g/mol. The molecule has 1 saturated carbocycles. The Hall–Kier alpha value is 0.590. The molecule has 0 saturated heterocycles. The smallest absolute Gasteiger partial charge is 0.163 e. The zero-order valence-electron chi connectivity index (χ0n) is 4.89. The van der Waals surface area contributed by atoms with Gasteiger partial charge in [-0.15, -0.1) is 17.0 Å². The monoisotopic (exact) mass is 257 g/mol. The summed E-state index contributed by atoms with van der Waals surface area (Å²) < 4.78 is 0. The van der Waals surface area contributed by atoms with Crippen molar-refractivity contribution in [3.8, 4) is 0 Å². The fourth-order valence-corrected chi connectivity index (χ4v) is 1.10. The van der Waals surface area contributed by atoms with Gasteiger partial charge in [-0.3, -0.25) is 4.79 Å². The van der Waals surface area contributed by atoms with E-state index < -0.39 is 5.54 Å². The van der Waals surface area contributed by atoms with Gasteiger partial charge < -0.3 is 5.73 Å². The Bertz CT molecular complexity index is 122. The lowest BCUT2D eigenvalue weighted by molar-refractivity contribution is -0.118. The highest BCUT2D eigenvalue weighted by Gasteiger charge is 2.44. The molecule has 54 valence electrons. The van der Waals surface area contributed by atoms with Crippen molar-refractivity contribution in [3.05, 3.63) is 0 Å². The van der Waals surface area contributed by atoms with Gasteiger partial charge in [-0.05, 0) is 12.8 Å². The SMILES string of the molecule is Br.NC1(C(=O)CBr)CC1. The van der Waals surface area contributed by atoms with Gasteiger partial charge >= 0.3 is 0 Å². The van der Waals surface area contributed by atoms with E-state index in [2.05, 4.69) is 15.9 Å². The van der Waals surface area contributed by atoms with E-state index in [0.29, 0.717) is 5.33 Å². The Kier molecular flexibility index (Phi) is 3.33. The third-order valence-corrected chi connectivity index (χ3v) is 1.97. The fraction of sp³-hybridized carbons (Fsp3) is 0.800. The zero-order chi connectivity index (χ0) is 6.20. The number of rotatable bonds is 2. The van der Waals surface area contributed by atoms with E-state index in [9.17, 15) is 4.79 Å². The molecule has 4 heteroatoms. The summed E-state index contributed by atoms with van der Waals surface area (Å²) in [6.45, 7) is 0. The molecule has 1 aliphatic rings. The predicted molar refractivity (Wildman–Crippen MR) is 45.3 cm³/mol. The number of nitrogens with two attached hydrogens (primary N) is 1. The summed E-state index contributed by atoms with van der Waals surface area (Å²) >= 11 is 3.06. The number of carbonyl (C=O) groups is 1. The van der Waals surface area contributed by atoms with Crippen molar-refractivity contribution < 1.29 is 4.79 Å². The van der Waals surface area contributed by atoms with E-state index in [1.54, 1.807) is 0 Å². The standard InChI is InChI=1S/C5H8BrNO.BrH/c6-3-4(8)5(7)1-2-5;/h1-3,7H2;1H. The quantitative estimate of drug-likeness (QED) is 0.752. The molecule has 0 radical (unpaired) electrons. The van der Waals surface area contributed by atoms with Gasteiger partial charge in [0.1, 0.15) is 0 Å². The highest BCUT2D eigenvalue weighted by atomic mass is 79.9. The van der Waals surface area contributed by atoms with E-state index >= 15 is 0 Å². The van der Waals surface area contributed by atoms with Crippen LogP contribution in [0.5, 0.6) is 0 Å². The van der Waals surface area contributed by atoms with Gasteiger partial charge in [0.2, 0.25) is 0 Å². The maximum absolute atomic E-state index is 10.7. The molecule has 2 nitrogen and oxygen atoms in total. The first-order valence-electron chi connectivity index (χ1n) is 2.57. The summed E-state index contributed by atoms with van der Waals surface area (Å²) in [5, 5.41) is 0.406. The Morgan fingerprint density at radius 1 is 1.67 bits per heavy atom. The average Bonchev–Trinajstić information content (AvgIpc) is 2.47. The van der Waals surface area contributed by atoms with E-state index in [1.165, 1.54) is 0 Å². The highest BCUT2D eigenvalue weighted by molar-refractivity contribution is 9.09. The second kappa shape index (κ2) is 3.12. The molecule has 0 atom stereocenters. The Balaban J connectivity index is 0.000000640. The van der Waals surface area contributed by atoms with Crippen molar-refractivity contribution >= 4 is 38.7 Å². The Morgan fingerprint density at radius 2 is 2.11 bits per heavy atom. The van der Waals surface area contributed by atoms with Crippen molar-refractivity contribution in [2.75, 3.05) is 5.33 Å². The maximum Gasteiger partial charge on any atom is 0.163 e. The summed E-state index contributed by atoms with van der Waals surface area (Å²) in [5.41, 5.74) is 5.09. The van der Waals surface area contributed by atoms with E-state index in [4.69, 9.17) is 5.73 Å². The lowest BCUT2D eigenvalue weighted by atomic mass is 10.2. The van der Waals surface area contributed by atoms with Gasteiger partial charge in [-0.2, -0.15) is 0 Å². The first kappa shape index (κ1) is 9.59. The van der Waals surface area contributed by atoms with Crippen molar-refractivity contribution in [2.24, 2.45) is 5.73 Å². The summed E-state index contributed by atoms with van der Waals surface area (Å²) in [7, 11) is 0. The third kappa shape index (κ3) is 2.02. The number of halogens is 2. The lowest BCUT2D eigenvalue weighted by Crippen LogP contribution is -2.33. The molecule has 0 bridgehead atoms. The minimum Gasteiger partial charge on any atom is -0.319 e. The van der Waals surface area contributed by atoms with Gasteiger partial charge in [0.05, 0.1) is 10.9 Å². The zero-order valence-corrected chi connectivity index (χ0v) is 8.19. The molecular weight excluding hydrogens is 250 g/mol. The van der Waals surface area contributed by atoms with Gasteiger partial charge in [0.15, 0.2) is 5.78 Å². The minimum absolute atomic E-state index is 0. The van der Waals surface area contributed by atoms with Crippen molar-refractivity contribution in [3.63, 3.8) is 0 Å². The summed E-state index contributed by atoms with van der Waals surface area (Å²) in [5.74, 6) is 0.137. The molecule has 1 fully saturated rings. The Labute approximate surface area is 73.1 Å². The van der Waals surface area contributed by atoms with Gasteiger partial charge in [-0.1, -0.05) is 15.9 Å². The first-order chi connectivity index (χ1) is 3.69. The number of carbonyl (C=O) groups excluding carboxylic acids is 1. The lowest BCUT2D eigenvalue weighted by Gasteiger charge is -2.00. The number of Topliss-reactive ketones (excluding diaryl/α,β-unsaturated/α-hetero) is 1. The fourth-order valence-electron chi connectivity index (χ4n) is 0.547. The van der Waals surface area contributed by atoms with Crippen molar-refractivity contribution in [1.82, 2.24) is 0 Å². The second-order valence-corrected chi connectivity index (χ2v) is 2.77. The first-order valence-corrected chi connectivity index (χ1v) is 3.69. The highest BCUT2D eigenvalue weighted by Crippen LogP contribution is 2.33. The second-order valence-electron chi connectivity index (χ2n) is 2.21. The van der Waals surface area contributed by atoms with Gasteiger partial charge in [-0.25, -0.2) is 0 Å². The molecule has 0 unspecified atom stereocenters. The molecular formula is C5H9Br2NO. The molecule has 1 aliphatic carbocycles. The molecule has 0 heterocycles. The molecule has 9 heavy (non-hydrogen) atoms. The van der Waals surface area contributed by atoms with Crippen molar-refractivity contribution in [1.29, 1.82) is 0 Å². The predicted octanol–water partition coefficient (Wildman–Crippen LogP) is 1.02. The molecule has 0 aromatic carbocycles. The van der Waals surface area contributed by atoms with E-state index in [1.807, 2.05) is 0 Å². The van der Waals surface area contributed by atoms with Crippen LogP contribution in [0, 0.1) is 0 Å².